The molecular weight excluding hydrogens is 383 g/mol. The van der Waals surface area contributed by atoms with Gasteiger partial charge in [-0.1, -0.05) is 29.8 Å². The minimum atomic E-state index is -0.555. The summed E-state index contributed by atoms with van der Waals surface area (Å²) in [6.45, 7) is 0.602. The zero-order chi connectivity index (χ0) is 19.9. The summed E-state index contributed by atoms with van der Waals surface area (Å²) in [4.78, 5) is 18.6. The summed E-state index contributed by atoms with van der Waals surface area (Å²) in [6, 6.07) is 10.9. The number of aromatic amines is 1. The second-order valence-electron chi connectivity index (χ2n) is 6.29. The molecule has 1 atom stereocenters. The molecule has 0 bridgehead atoms. The van der Waals surface area contributed by atoms with Crippen molar-refractivity contribution >= 4 is 17.5 Å². The number of halogens is 2. The van der Waals surface area contributed by atoms with Gasteiger partial charge in [0.2, 0.25) is 5.91 Å². The number of primary amides is 1. The van der Waals surface area contributed by atoms with Gasteiger partial charge in [-0.05, 0) is 35.4 Å². The number of amides is 1. The molecule has 146 valence electrons. The van der Waals surface area contributed by atoms with Crippen LogP contribution >= 0.6 is 11.6 Å². The van der Waals surface area contributed by atoms with Crippen molar-refractivity contribution in [1.82, 2.24) is 15.3 Å². The Balaban J connectivity index is 1.57. The quantitative estimate of drug-likeness (QED) is 0.513. The van der Waals surface area contributed by atoms with Crippen LogP contribution < -0.4 is 15.8 Å². The molecule has 0 aliphatic carbocycles. The van der Waals surface area contributed by atoms with E-state index < -0.39 is 11.9 Å². The highest BCUT2D eigenvalue weighted by atomic mass is 35.5. The number of benzene rings is 2. The van der Waals surface area contributed by atoms with Crippen LogP contribution in [0.5, 0.6) is 5.75 Å². The number of nitrogens with one attached hydrogen (secondary N) is 2. The van der Waals surface area contributed by atoms with Crippen LogP contribution in [0.1, 0.15) is 16.8 Å². The standard InChI is InChI=1S/C20H20ClFN4O2/c21-18-8-17(28-11-13-2-1-3-15(22)6-13)5-4-14(18)9-25-19(20(23)27)7-16-10-24-12-26-16/h1-6,8,10,12,19,25H,7,9,11H2,(H2,23,27)(H,24,26). The molecule has 0 spiro atoms. The lowest BCUT2D eigenvalue weighted by Gasteiger charge is -2.16. The Kier molecular flexibility index (Phi) is 6.62. The SMILES string of the molecule is NC(=O)C(Cc1cnc[nH]1)NCc1ccc(OCc2cccc(F)c2)cc1Cl. The van der Waals surface area contributed by atoms with Crippen LogP contribution in [0.3, 0.4) is 0 Å². The summed E-state index contributed by atoms with van der Waals surface area (Å²) in [7, 11) is 0. The highest BCUT2D eigenvalue weighted by Crippen LogP contribution is 2.23. The van der Waals surface area contributed by atoms with E-state index in [2.05, 4.69) is 15.3 Å². The Labute approximate surface area is 166 Å². The first-order chi connectivity index (χ1) is 13.5. The molecule has 1 unspecified atom stereocenters. The van der Waals surface area contributed by atoms with E-state index in [1.807, 2.05) is 6.07 Å². The number of carbonyl (C=O) groups is 1. The van der Waals surface area contributed by atoms with Gasteiger partial charge in [0.15, 0.2) is 0 Å². The Morgan fingerprint density at radius 1 is 1.32 bits per heavy atom. The highest BCUT2D eigenvalue weighted by Gasteiger charge is 2.16. The van der Waals surface area contributed by atoms with E-state index in [-0.39, 0.29) is 12.4 Å². The summed E-state index contributed by atoms with van der Waals surface area (Å²) in [6.07, 6.45) is 3.60. The molecule has 1 aromatic heterocycles. The molecule has 0 saturated carbocycles. The van der Waals surface area contributed by atoms with Crippen molar-refractivity contribution in [2.24, 2.45) is 5.73 Å². The van der Waals surface area contributed by atoms with E-state index >= 15 is 0 Å². The van der Waals surface area contributed by atoms with Crippen LogP contribution in [0.2, 0.25) is 5.02 Å². The fourth-order valence-electron chi connectivity index (χ4n) is 2.68. The summed E-state index contributed by atoms with van der Waals surface area (Å²) in [5, 5.41) is 3.60. The third-order valence-electron chi connectivity index (χ3n) is 4.18. The maximum absolute atomic E-state index is 13.2. The highest BCUT2D eigenvalue weighted by molar-refractivity contribution is 6.31. The van der Waals surface area contributed by atoms with Crippen LogP contribution in [0, 0.1) is 5.82 Å². The molecule has 0 aliphatic rings. The number of nitrogens with zero attached hydrogens (tertiary/aromatic N) is 1. The summed E-state index contributed by atoms with van der Waals surface area (Å²) in [5.74, 6) is -0.192. The van der Waals surface area contributed by atoms with Crippen LogP contribution in [-0.2, 0) is 24.4 Å². The molecule has 2 aromatic carbocycles. The third-order valence-corrected chi connectivity index (χ3v) is 4.53. The smallest absolute Gasteiger partial charge is 0.234 e. The van der Waals surface area contributed by atoms with Crippen molar-refractivity contribution in [2.45, 2.75) is 25.6 Å². The first-order valence-corrected chi connectivity index (χ1v) is 9.04. The Bertz CT molecular complexity index is 934. The summed E-state index contributed by atoms with van der Waals surface area (Å²) >= 11 is 6.33. The first-order valence-electron chi connectivity index (χ1n) is 8.67. The van der Waals surface area contributed by atoms with Gasteiger partial charge in [-0.25, -0.2) is 9.37 Å². The minimum Gasteiger partial charge on any atom is -0.489 e. The predicted octanol–water partition coefficient (Wildman–Crippen LogP) is 2.97. The van der Waals surface area contributed by atoms with Crippen LogP contribution in [-0.4, -0.2) is 21.9 Å². The molecule has 1 amide bonds. The number of carbonyl (C=O) groups excluding carboxylic acids is 1. The number of hydrogen-bond acceptors (Lipinski definition) is 4. The normalized spacial score (nSPS) is 11.9. The van der Waals surface area contributed by atoms with Gasteiger partial charge in [0.25, 0.3) is 0 Å². The molecule has 0 saturated heterocycles. The fraction of sp³-hybridized carbons (Fsp3) is 0.200. The predicted molar refractivity (Wildman–Crippen MR) is 104 cm³/mol. The monoisotopic (exact) mass is 402 g/mol. The van der Waals surface area contributed by atoms with Gasteiger partial charge in [0.1, 0.15) is 18.2 Å². The maximum Gasteiger partial charge on any atom is 0.234 e. The summed E-state index contributed by atoms with van der Waals surface area (Å²) in [5.41, 5.74) is 7.81. The third kappa shape index (κ3) is 5.55. The van der Waals surface area contributed by atoms with Gasteiger partial charge in [-0.15, -0.1) is 0 Å². The molecule has 8 heteroatoms. The number of nitrogens with two attached hydrogens (primary N) is 1. The number of rotatable bonds is 9. The van der Waals surface area contributed by atoms with Gasteiger partial charge in [-0.2, -0.15) is 0 Å². The molecule has 0 fully saturated rings. The van der Waals surface area contributed by atoms with Gasteiger partial charge in [0, 0.05) is 29.9 Å². The number of aromatic nitrogens is 2. The van der Waals surface area contributed by atoms with Crippen molar-refractivity contribution in [3.8, 4) is 5.75 Å². The van der Waals surface area contributed by atoms with E-state index in [0.29, 0.717) is 23.7 Å². The minimum absolute atomic E-state index is 0.236. The fourth-order valence-corrected chi connectivity index (χ4v) is 2.91. The van der Waals surface area contributed by atoms with Gasteiger partial charge in [-0.3, -0.25) is 4.79 Å². The lowest BCUT2D eigenvalue weighted by Crippen LogP contribution is -2.42. The zero-order valence-corrected chi connectivity index (χ0v) is 15.7. The Morgan fingerprint density at radius 2 is 2.18 bits per heavy atom. The molecule has 6 nitrogen and oxygen atoms in total. The Hall–Kier alpha value is -2.90. The summed E-state index contributed by atoms with van der Waals surface area (Å²) < 4.78 is 18.9. The average molecular weight is 403 g/mol. The van der Waals surface area contributed by atoms with Crippen molar-refractivity contribution < 1.29 is 13.9 Å². The molecule has 0 aliphatic heterocycles. The number of ether oxygens (including phenoxy) is 1. The second kappa shape index (κ2) is 9.34. The number of hydrogen-bond donors (Lipinski definition) is 3. The molecule has 0 radical (unpaired) electrons. The van der Waals surface area contributed by atoms with Crippen LogP contribution in [0.4, 0.5) is 4.39 Å². The van der Waals surface area contributed by atoms with Crippen molar-refractivity contribution in [2.75, 3.05) is 0 Å². The van der Waals surface area contributed by atoms with Crippen molar-refractivity contribution in [1.29, 1.82) is 0 Å². The zero-order valence-electron chi connectivity index (χ0n) is 15.0. The average Bonchev–Trinajstić information content (AvgIpc) is 3.17. The van der Waals surface area contributed by atoms with Crippen molar-refractivity contribution in [3.05, 3.63) is 82.6 Å². The maximum atomic E-state index is 13.2. The first kappa shape index (κ1) is 19.9. The lowest BCUT2D eigenvalue weighted by molar-refractivity contribution is -0.120. The van der Waals surface area contributed by atoms with Gasteiger partial charge < -0.3 is 20.8 Å². The van der Waals surface area contributed by atoms with E-state index in [1.165, 1.54) is 12.1 Å². The molecule has 3 aromatic rings. The molecular formula is C20H20ClFN4O2. The van der Waals surface area contributed by atoms with Crippen molar-refractivity contribution in [3.63, 3.8) is 0 Å². The van der Waals surface area contributed by atoms with E-state index in [4.69, 9.17) is 22.1 Å². The largest absolute Gasteiger partial charge is 0.489 e. The second-order valence-corrected chi connectivity index (χ2v) is 6.70. The molecule has 3 rings (SSSR count). The van der Waals surface area contributed by atoms with Gasteiger partial charge >= 0.3 is 0 Å². The van der Waals surface area contributed by atoms with Crippen LogP contribution in [0.15, 0.2) is 55.0 Å². The van der Waals surface area contributed by atoms with E-state index in [0.717, 1.165) is 16.8 Å². The molecule has 4 N–H and O–H groups in total. The van der Waals surface area contributed by atoms with Gasteiger partial charge in [0.05, 0.1) is 12.4 Å². The Morgan fingerprint density at radius 3 is 2.86 bits per heavy atom. The van der Waals surface area contributed by atoms with E-state index in [9.17, 15) is 9.18 Å². The molecule has 1 heterocycles. The topological polar surface area (TPSA) is 93.0 Å². The molecule has 28 heavy (non-hydrogen) atoms. The van der Waals surface area contributed by atoms with E-state index in [1.54, 1.807) is 36.8 Å². The lowest BCUT2D eigenvalue weighted by atomic mass is 10.1. The number of H-pyrrole nitrogens is 1. The van der Waals surface area contributed by atoms with Crippen LogP contribution in [0.25, 0.3) is 0 Å². The number of imidazole rings is 1.